The van der Waals surface area contributed by atoms with E-state index in [0.29, 0.717) is 6.61 Å². The number of nitrogens with zero attached hydrogens (tertiary/aromatic N) is 2. The van der Waals surface area contributed by atoms with Crippen LogP contribution in [0.1, 0.15) is 34.1 Å². The number of aromatic nitrogens is 1. The van der Waals surface area contributed by atoms with Crippen LogP contribution in [0, 0.1) is 0 Å². The number of rotatable bonds is 8. The van der Waals surface area contributed by atoms with Crippen molar-refractivity contribution in [3.05, 3.63) is 32.4 Å². The molecule has 0 fully saturated rings. The number of pyridine rings is 1. The van der Waals surface area contributed by atoms with E-state index in [1.165, 1.54) is 0 Å². The molecule has 142 valence electrons. The maximum absolute atomic E-state index is 6.50. The molecule has 0 aliphatic carbocycles. The molecule has 0 aliphatic rings. The molecule has 0 spiro atoms. The summed E-state index contributed by atoms with van der Waals surface area (Å²) in [7, 11) is -1.78. The van der Waals surface area contributed by atoms with Crippen LogP contribution in [0.15, 0.2) is 32.4 Å². The average Bonchev–Trinajstić information content (AvgIpc) is 2.49. The van der Waals surface area contributed by atoms with E-state index in [1.54, 1.807) is 0 Å². The van der Waals surface area contributed by atoms with Crippen molar-refractivity contribution in [1.82, 2.24) is 4.98 Å². The fraction of sp³-hybridized carbons (Fsp3) is 0.611. The highest BCUT2D eigenvalue weighted by atomic mass is 79.9. The fourth-order valence-electron chi connectivity index (χ4n) is 2.17. The molecule has 0 unspecified atom stereocenters. The summed E-state index contributed by atoms with van der Waals surface area (Å²) in [5, 5.41) is 0.206. The van der Waals surface area contributed by atoms with Crippen molar-refractivity contribution in [3.8, 4) is 0 Å². The van der Waals surface area contributed by atoms with Crippen LogP contribution in [-0.4, -0.2) is 32.5 Å². The number of anilines is 1. The predicted octanol–water partition coefficient (Wildman–Crippen LogP) is 7.16. The molecule has 3 nitrogen and oxygen atoms in total. The summed E-state index contributed by atoms with van der Waals surface area (Å²) >= 11 is 10.6. The van der Waals surface area contributed by atoms with Gasteiger partial charge in [-0.1, -0.05) is 33.8 Å². The van der Waals surface area contributed by atoms with E-state index in [4.69, 9.17) is 4.43 Å². The summed E-state index contributed by atoms with van der Waals surface area (Å²) < 4.78 is 9.03. The van der Waals surface area contributed by atoms with Crippen LogP contribution >= 0.6 is 47.8 Å². The van der Waals surface area contributed by atoms with Gasteiger partial charge in [-0.15, -0.1) is 6.58 Å². The lowest BCUT2D eigenvalue weighted by Crippen LogP contribution is -2.46. The highest BCUT2D eigenvalue weighted by Gasteiger charge is 2.38. The summed E-state index contributed by atoms with van der Waals surface area (Å²) in [6.07, 6.45) is 2.92. The van der Waals surface area contributed by atoms with E-state index in [0.717, 1.165) is 32.3 Å². The van der Waals surface area contributed by atoms with Gasteiger partial charge in [0.05, 0.1) is 22.8 Å². The van der Waals surface area contributed by atoms with Crippen LogP contribution in [0.3, 0.4) is 0 Å². The van der Waals surface area contributed by atoms with Gasteiger partial charge in [-0.25, -0.2) is 4.98 Å². The van der Waals surface area contributed by atoms with E-state index in [2.05, 4.69) is 111 Å². The maximum atomic E-state index is 6.50. The van der Waals surface area contributed by atoms with Crippen LogP contribution < -0.4 is 4.90 Å². The normalized spacial score (nSPS) is 13.6. The van der Waals surface area contributed by atoms with Gasteiger partial charge in [0.25, 0.3) is 0 Å². The summed E-state index contributed by atoms with van der Waals surface area (Å²) in [4.78, 5) is 6.83. The molecule has 0 N–H and O–H groups in total. The second-order valence-electron chi connectivity index (χ2n) is 7.65. The average molecular weight is 557 g/mol. The fourth-order valence-corrected chi connectivity index (χ4v) is 4.57. The van der Waals surface area contributed by atoms with Gasteiger partial charge in [0, 0.05) is 6.54 Å². The summed E-state index contributed by atoms with van der Waals surface area (Å²) in [5.74, 6) is 0. The van der Waals surface area contributed by atoms with E-state index in [9.17, 15) is 0 Å². The van der Waals surface area contributed by atoms with Gasteiger partial charge in [-0.2, -0.15) is 0 Å². The van der Waals surface area contributed by atoms with Crippen LogP contribution in [0.5, 0.6) is 0 Å². The Morgan fingerprint density at radius 3 is 2.36 bits per heavy atom. The minimum atomic E-state index is -1.78. The second-order valence-corrected chi connectivity index (χ2v) is 14.8. The van der Waals surface area contributed by atoms with Crippen molar-refractivity contribution in [2.24, 2.45) is 0 Å². The molecular formula is C18H29Br3N2OSi. The Morgan fingerprint density at radius 1 is 1.28 bits per heavy atom. The van der Waals surface area contributed by atoms with E-state index < -0.39 is 8.32 Å². The first-order valence-electron chi connectivity index (χ1n) is 8.47. The summed E-state index contributed by atoms with van der Waals surface area (Å²) in [6, 6.07) is 2.35. The molecule has 0 saturated heterocycles. The molecule has 1 aromatic rings. The minimum Gasteiger partial charge on any atom is -0.415 e. The molecule has 0 radical (unpaired) electrons. The first-order valence-corrected chi connectivity index (χ1v) is 13.8. The highest BCUT2D eigenvalue weighted by molar-refractivity contribution is 9.13. The predicted molar refractivity (Wildman–Crippen MR) is 122 cm³/mol. The van der Waals surface area contributed by atoms with Crippen molar-refractivity contribution in [2.75, 3.05) is 18.1 Å². The lowest BCUT2D eigenvalue weighted by Gasteiger charge is -2.40. The Balaban J connectivity index is 3.10. The SMILES string of the molecule is C=CCN(c1cc(Br)c(Br)nc1Br)[C@@H](CC)CO[Si](C)(C)C(C)(C)C. The number of hydrogen-bond acceptors (Lipinski definition) is 3. The molecule has 1 heterocycles. The van der Waals surface area contributed by atoms with Crippen molar-refractivity contribution < 1.29 is 4.43 Å². The summed E-state index contributed by atoms with van der Waals surface area (Å²) in [5.41, 5.74) is 1.04. The third-order valence-corrected chi connectivity index (χ3v) is 11.7. The zero-order valence-corrected chi connectivity index (χ0v) is 21.8. The molecule has 1 atom stereocenters. The van der Waals surface area contributed by atoms with Gasteiger partial charge in [0.15, 0.2) is 8.32 Å². The zero-order valence-electron chi connectivity index (χ0n) is 16.0. The lowest BCUT2D eigenvalue weighted by molar-refractivity contribution is 0.255. The summed E-state index contributed by atoms with van der Waals surface area (Å²) in [6.45, 7) is 19.0. The van der Waals surface area contributed by atoms with Crippen LogP contribution in [0.4, 0.5) is 5.69 Å². The van der Waals surface area contributed by atoms with Gasteiger partial charge in [0.1, 0.15) is 9.21 Å². The Labute approximate surface area is 179 Å². The van der Waals surface area contributed by atoms with Gasteiger partial charge >= 0.3 is 0 Å². The molecule has 0 aliphatic heterocycles. The van der Waals surface area contributed by atoms with Gasteiger partial charge in [0.2, 0.25) is 0 Å². The molecule has 1 rings (SSSR count). The maximum Gasteiger partial charge on any atom is 0.192 e. The minimum absolute atomic E-state index is 0.206. The first-order chi connectivity index (χ1) is 11.4. The first kappa shape index (κ1) is 23.3. The van der Waals surface area contributed by atoms with Crippen LogP contribution in [-0.2, 0) is 4.43 Å². The molecule has 1 aromatic heterocycles. The zero-order chi connectivity index (χ0) is 19.4. The third-order valence-electron chi connectivity index (χ3n) is 4.86. The van der Waals surface area contributed by atoms with Crippen molar-refractivity contribution in [3.63, 3.8) is 0 Å². The van der Waals surface area contributed by atoms with Gasteiger partial charge in [-0.05, 0) is 78.4 Å². The number of halogens is 3. The van der Waals surface area contributed by atoms with Crippen molar-refractivity contribution in [1.29, 1.82) is 0 Å². The number of hydrogen-bond donors (Lipinski definition) is 0. The molecule has 25 heavy (non-hydrogen) atoms. The molecular weight excluding hydrogens is 528 g/mol. The molecule has 7 heteroatoms. The van der Waals surface area contributed by atoms with E-state index in [-0.39, 0.29) is 11.1 Å². The lowest BCUT2D eigenvalue weighted by atomic mass is 10.2. The Kier molecular flexibility index (Phi) is 8.86. The van der Waals surface area contributed by atoms with Crippen LogP contribution in [0.2, 0.25) is 18.1 Å². The molecule has 0 aromatic carbocycles. The standard InChI is InChI=1S/C18H29Br3N2OSi/c1-8-10-23(15-11-14(19)16(20)22-17(15)21)13(9-2)12-24-25(6,7)18(3,4)5/h8,11,13H,1,9-10,12H2,2-7H3/t13-/m0/s1. The molecule has 0 saturated carbocycles. The highest BCUT2D eigenvalue weighted by Crippen LogP contribution is 2.38. The van der Waals surface area contributed by atoms with Crippen molar-refractivity contribution in [2.45, 2.75) is 58.3 Å². The van der Waals surface area contributed by atoms with E-state index in [1.807, 2.05) is 6.08 Å². The smallest absolute Gasteiger partial charge is 0.192 e. The third kappa shape index (κ3) is 6.16. The quantitative estimate of drug-likeness (QED) is 0.193. The molecule has 0 bridgehead atoms. The van der Waals surface area contributed by atoms with Crippen molar-refractivity contribution >= 4 is 61.8 Å². The Morgan fingerprint density at radius 2 is 1.88 bits per heavy atom. The van der Waals surface area contributed by atoms with Gasteiger partial charge < -0.3 is 9.33 Å². The second kappa shape index (κ2) is 9.49. The topological polar surface area (TPSA) is 25.4 Å². The Hall–Kier alpha value is 0.307. The van der Waals surface area contributed by atoms with Crippen LogP contribution in [0.25, 0.3) is 0 Å². The Bertz CT molecular complexity index is 603. The van der Waals surface area contributed by atoms with E-state index >= 15 is 0 Å². The molecule has 0 amide bonds. The monoisotopic (exact) mass is 554 g/mol. The largest absolute Gasteiger partial charge is 0.415 e. The van der Waals surface area contributed by atoms with Gasteiger partial charge in [-0.3, -0.25) is 0 Å².